The van der Waals surface area contributed by atoms with Gasteiger partial charge in [0.15, 0.2) is 0 Å². The first-order valence-electron chi connectivity index (χ1n) is 5.92. The number of carbonyl (C=O) groups excluding carboxylic acids is 1. The third kappa shape index (κ3) is 3.45. The van der Waals surface area contributed by atoms with Gasteiger partial charge in [0.1, 0.15) is 4.32 Å². The van der Waals surface area contributed by atoms with Crippen LogP contribution in [0.1, 0.15) is 18.5 Å². The van der Waals surface area contributed by atoms with Crippen molar-refractivity contribution in [3.63, 3.8) is 0 Å². The number of nitrogens with zero attached hydrogens (tertiary/aromatic N) is 3. The molecule has 1 aromatic heterocycles. The van der Waals surface area contributed by atoms with Crippen molar-refractivity contribution in [2.24, 2.45) is 7.05 Å². The molecular formula is C12H13N3O3S2. The molecule has 1 saturated heterocycles. The van der Waals surface area contributed by atoms with E-state index in [2.05, 4.69) is 4.98 Å². The summed E-state index contributed by atoms with van der Waals surface area (Å²) in [5, 5.41) is 8.60. The zero-order valence-corrected chi connectivity index (χ0v) is 12.4. The van der Waals surface area contributed by atoms with E-state index in [0.717, 1.165) is 0 Å². The Morgan fingerprint density at radius 2 is 2.35 bits per heavy atom. The zero-order chi connectivity index (χ0) is 14.7. The van der Waals surface area contributed by atoms with E-state index in [1.54, 1.807) is 23.2 Å². The third-order valence-corrected chi connectivity index (χ3v) is 4.03. The SMILES string of the molecule is Cn1cnc(C=C2SC(=S)N(CCCC(=O)O)C2=O)c1. The fraction of sp³-hybridized carbons (Fsp3) is 0.333. The van der Waals surface area contributed by atoms with Crippen LogP contribution in [0.3, 0.4) is 0 Å². The van der Waals surface area contributed by atoms with Crippen LogP contribution in [0.5, 0.6) is 0 Å². The summed E-state index contributed by atoms with van der Waals surface area (Å²) in [4.78, 5) is 28.7. The number of carboxylic acid groups (broad SMARTS) is 1. The lowest BCUT2D eigenvalue weighted by atomic mass is 10.3. The first kappa shape index (κ1) is 14.7. The van der Waals surface area contributed by atoms with Crippen LogP contribution in [0.4, 0.5) is 0 Å². The van der Waals surface area contributed by atoms with E-state index >= 15 is 0 Å². The summed E-state index contributed by atoms with van der Waals surface area (Å²) in [5.41, 5.74) is 0.693. The second kappa shape index (κ2) is 6.19. The summed E-state index contributed by atoms with van der Waals surface area (Å²) in [6.07, 6.45) is 5.56. The molecule has 0 unspecified atom stereocenters. The predicted octanol–water partition coefficient (Wildman–Crippen LogP) is 1.49. The minimum Gasteiger partial charge on any atom is -0.481 e. The number of aromatic nitrogens is 2. The summed E-state index contributed by atoms with van der Waals surface area (Å²) in [5.74, 6) is -1.06. The molecule has 6 nitrogen and oxygen atoms in total. The van der Waals surface area contributed by atoms with Crippen LogP contribution in [0.25, 0.3) is 6.08 Å². The number of hydrogen-bond donors (Lipinski definition) is 1. The summed E-state index contributed by atoms with van der Waals surface area (Å²) in [6, 6.07) is 0. The van der Waals surface area contributed by atoms with Crippen LogP contribution in [-0.4, -0.2) is 42.3 Å². The highest BCUT2D eigenvalue weighted by molar-refractivity contribution is 8.26. The summed E-state index contributed by atoms with van der Waals surface area (Å²) < 4.78 is 2.25. The fourth-order valence-corrected chi connectivity index (χ4v) is 3.02. The highest BCUT2D eigenvalue weighted by Crippen LogP contribution is 2.32. The van der Waals surface area contributed by atoms with Crippen molar-refractivity contribution in [2.75, 3.05) is 6.54 Å². The minimum atomic E-state index is -0.875. The number of aliphatic carboxylic acids is 1. The maximum absolute atomic E-state index is 12.2. The molecule has 1 aromatic rings. The Bertz CT molecular complexity index is 595. The maximum atomic E-state index is 12.2. The standard InChI is InChI=1S/C12H13N3O3S2/c1-14-6-8(13-7-14)5-9-11(18)15(12(19)20-9)4-2-3-10(16)17/h5-7H,2-4H2,1H3,(H,16,17). The molecule has 0 saturated carbocycles. The number of thiocarbonyl (C=S) groups is 1. The van der Waals surface area contributed by atoms with E-state index < -0.39 is 5.97 Å². The van der Waals surface area contributed by atoms with Gasteiger partial charge in [-0.15, -0.1) is 0 Å². The highest BCUT2D eigenvalue weighted by atomic mass is 32.2. The minimum absolute atomic E-state index is 0.0242. The molecule has 1 aliphatic rings. The molecule has 1 fully saturated rings. The van der Waals surface area contributed by atoms with Crippen molar-refractivity contribution >= 4 is 46.3 Å². The van der Waals surface area contributed by atoms with Gasteiger partial charge in [0.2, 0.25) is 0 Å². The molecule has 106 valence electrons. The molecule has 0 radical (unpaired) electrons. The molecule has 0 spiro atoms. The summed E-state index contributed by atoms with van der Waals surface area (Å²) in [7, 11) is 1.85. The number of imidazole rings is 1. The molecule has 0 aliphatic carbocycles. The Morgan fingerprint density at radius 1 is 1.60 bits per heavy atom. The van der Waals surface area contributed by atoms with Gasteiger partial charge in [0.05, 0.1) is 16.9 Å². The van der Waals surface area contributed by atoms with Gasteiger partial charge in [0, 0.05) is 26.2 Å². The molecule has 0 atom stereocenters. The first-order valence-corrected chi connectivity index (χ1v) is 7.15. The second-order valence-corrected chi connectivity index (χ2v) is 5.97. The lowest BCUT2D eigenvalue weighted by molar-refractivity contribution is -0.137. The molecule has 0 bridgehead atoms. The largest absolute Gasteiger partial charge is 0.481 e. The number of carboxylic acids is 1. The molecule has 1 aliphatic heterocycles. The molecular weight excluding hydrogens is 298 g/mol. The van der Waals surface area contributed by atoms with Gasteiger partial charge >= 0.3 is 5.97 Å². The summed E-state index contributed by atoms with van der Waals surface area (Å²) >= 11 is 6.37. The third-order valence-electron chi connectivity index (χ3n) is 2.65. The second-order valence-electron chi connectivity index (χ2n) is 4.29. The van der Waals surface area contributed by atoms with E-state index in [0.29, 0.717) is 27.9 Å². The van der Waals surface area contributed by atoms with E-state index in [9.17, 15) is 9.59 Å². The molecule has 2 heterocycles. The molecule has 1 N–H and O–H groups in total. The van der Waals surface area contributed by atoms with Gasteiger partial charge in [-0.25, -0.2) is 4.98 Å². The Hall–Kier alpha value is -1.67. The van der Waals surface area contributed by atoms with Crippen LogP contribution in [0, 0.1) is 0 Å². The van der Waals surface area contributed by atoms with Crippen molar-refractivity contribution < 1.29 is 14.7 Å². The van der Waals surface area contributed by atoms with Crippen LogP contribution >= 0.6 is 24.0 Å². The van der Waals surface area contributed by atoms with Crippen molar-refractivity contribution in [3.8, 4) is 0 Å². The number of aryl methyl sites for hydroxylation is 1. The molecule has 1 amide bonds. The van der Waals surface area contributed by atoms with Crippen LogP contribution in [0.2, 0.25) is 0 Å². The van der Waals surface area contributed by atoms with Crippen LogP contribution < -0.4 is 0 Å². The van der Waals surface area contributed by atoms with Crippen LogP contribution in [-0.2, 0) is 16.6 Å². The number of carbonyl (C=O) groups is 2. The zero-order valence-electron chi connectivity index (χ0n) is 10.8. The van der Waals surface area contributed by atoms with Crippen molar-refractivity contribution in [3.05, 3.63) is 23.1 Å². The van der Waals surface area contributed by atoms with E-state index in [1.807, 2.05) is 7.05 Å². The van der Waals surface area contributed by atoms with Gasteiger partial charge in [0.25, 0.3) is 5.91 Å². The Balaban J connectivity index is 2.04. The van der Waals surface area contributed by atoms with Gasteiger partial charge in [-0.1, -0.05) is 24.0 Å². The fourth-order valence-electron chi connectivity index (χ4n) is 1.72. The topological polar surface area (TPSA) is 75.4 Å². The average Bonchev–Trinajstić information content (AvgIpc) is 2.88. The number of rotatable bonds is 5. The van der Waals surface area contributed by atoms with Crippen molar-refractivity contribution in [2.45, 2.75) is 12.8 Å². The van der Waals surface area contributed by atoms with Crippen molar-refractivity contribution in [1.29, 1.82) is 0 Å². The van der Waals surface area contributed by atoms with Gasteiger partial charge in [-0.05, 0) is 12.5 Å². The Kier molecular flexibility index (Phi) is 4.56. The Labute approximate surface area is 125 Å². The number of amides is 1. The molecule has 2 rings (SSSR count). The quantitative estimate of drug-likeness (QED) is 0.656. The number of hydrogen-bond acceptors (Lipinski definition) is 5. The predicted molar refractivity (Wildman–Crippen MR) is 80.0 cm³/mol. The Morgan fingerprint density at radius 3 is 2.95 bits per heavy atom. The van der Waals surface area contributed by atoms with Gasteiger partial charge in [-0.2, -0.15) is 0 Å². The monoisotopic (exact) mass is 311 g/mol. The van der Waals surface area contributed by atoms with Gasteiger partial charge in [-0.3, -0.25) is 14.5 Å². The molecule has 0 aromatic carbocycles. The number of thioether (sulfide) groups is 1. The normalized spacial score (nSPS) is 17.2. The first-order chi connectivity index (χ1) is 9.47. The molecule has 8 heteroatoms. The van der Waals surface area contributed by atoms with E-state index in [-0.39, 0.29) is 12.3 Å². The van der Waals surface area contributed by atoms with Crippen molar-refractivity contribution in [1.82, 2.24) is 14.5 Å². The van der Waals surface area contributed by atoms with E-state index in [4.69, 9.17) is 17.3 Å². The molecule has 20 heavy (non-hydrogen) atoms. The lowest BCUT2D eigenvalue weighted by Gasteiger charge is -2.13. The highest BCUT2D eigenvalue weighted by Gasteiger charge is 2.31. The summed E-state index contributed by atoms with van der Waals surface area (Å²) in [6.45, 7) is 0.330. The average molecular weight is 311 g/mol. The smallest absolute Gasteiger partial charge is 0.303 e. The van der Waals surface area contributed by atoms with E-state index in [1.165, 1.54) is 16.7 Å². The van der Waals surface area contributed by atoms with Crippen LogP contribution in [0.15, 0.2) is 17.4 Å². The maximum Gasteiger partial charge on any atom is 0.303 e. The lowest BCUT2D eigenvalue weighted by Crippen LogP contribution is -2.29. The van der Waals surface area contributed by atoms with Gasteiger partial charge < -0.3 is 9.67 Å².